The molecule has 2 unspecified atom stereocenters. The Morgan fingerprint density at radius 3 is 2.52 bits per heavy atom. The van der Waals surface area contributed by atoms with Gasteiger partial charge >= 0.3 is 0 Å². The number of aryl methyl sites for hydroxylation is 1. The molecule has 0 fully saturated rings. The van der Waals surface area contributed by atoms with Crippen LogP contribution < -0.4 is 5.43 Å². The Morgan fingerprint density at radius 2 is 1.60 bits per heavy atom. The van der Waals surface area contributed by atoms with Crippen LogP contribution in [-0.4, -0.2) is 11.9 Å². The van der Waals surface area contributed by atoms with Crippen LogP contribution in [0, 0.1) is 5.92 Å². The van der Waals surface area contributed by atoms with Crippen molar-refractivity contribution < 1.29 is 13.9 Å². The average molecular weight is 629 g/mol. The molecule has 2 aromatic carbocycles. The number of ether oxygens (including phenoxy) is 1. The molecule has 5 aliphatic carbocycles. The molecule has 0 saturated carbocycles. The number of hydrogen-bond acceptors (Lipinski definition) is 4. The summed E-state index contributed by atoms with van der Waals surface area (Å²) in [7, 11) is 0. The van der Waals surface area contributed by atoms with E-state index in [1.165, 1.54) is 27.9 Å². The first-order valence-corrected chi connectivity index (χ1v) is 17.3. The number of allylic oxidation sites excluding steroid dienone is 15. The van der Waals surface area contributed by atoms with Gasteiger partial charge in [0.1, 0.15) is 23.2 Å². The van der Waals surface area contributed by atoms with Crippen molar-refractivity contribution >= 4 is 28.4 Å². The van der Waals surface area contributed by atoms with E-state index in [-0.39, 0.29) is 23.2 Å². The lowest BCUT2D eigenvalue weighted by Gasteiger charge is -2.33. The van der Waals surface area contributed by atoms with Crippen molar-refractivity contribution in [2.45, 2.75) is 57.5 Å². The minimum Gasteiger partial charge on any atom is -0.489 e. The van der Waals surface area contributed by atoms with Gasteiger partial charge in [-0.05, 0) is 95.4 Å². The molecule has 0 saturated heterocycles. The van der Waals surface area contributed by atoms with E-state index in [0.717, 1.165) is 85.2 Å². The molecule has 0 bridgehead atoms. The van der Waals surface area contributed by atoms with Crippen LogP contribution in [0.15, 0.2) is 146 Å². The van der Waals surface area contributed by atoms with E-state index in [2.05, 4.69) is 78.9 Å². The molecule has 48 heavy (non-hydrogen) atoms. The Morgan fingerprint density at radius 1 is 0.771 bits per heavy atom. The fourth-order valence-corrected chi connectivity index (χ4v) is 7.97. The maximum absolute atomic E-state index is 13.3. The lowest BCUT2D eigenvalue weighted by Crippen LogP contribution is -2.31. The van der Waals surface area contributed by atoms with Crippen molar-refractivity contribution in [3.05, 3.63) is 164 Å². The number of Topliss-reactive ketones (excluding diaryl/α,β-unsaturated/α-hetero) is 1. The number of fused-ring (bicyclic) bond motifs is 3. The first-order chi connectivity index (χ1) is 23.6. The van der Waals surface area contributed by atoms with Crippen molar-refractivity contribution in [1.82, 2.24) is 0 Å². The van der Waals surface area contributed by atoms with Gasteiger partial charge in [0.2, 0.25) is 0 Å². The van der Waals surface area contributed by atoms with Crippen molar-refractivity contribution in [2.75, 3.05) is 0 Å². The quantitative estimate of drug-likeness (QED) is 0.289. The molecule has 0 amide bonds. The molecule has 0 N–H and O–H groups in total. The lowest BCUT2D eigenvalue weighted by atomic mass is 9.78. The summed E-state index contributed by atoms with van der Waals surface area (Å²) < 4.78 is 12.4. The molecule has 1 aromatic heterocycles. The van der Waals surface area contributed by atoms with Gasteiger partial charge in [-0.25, -0.2) is 0 Å². The largest absolute Gasteiger partial charge is 0.489 e. The van der Waals surface area contributed by atoms with E-state index in [9.17, 15) is 9.59 Å². The zero-order valence-electron chi connectivity index (χ0n) is 26.8. The number of carbonyl (C=O) groups excluding carboxylic acids is 1. The molecule has 0 spiro atoms. The van der Waals surface area contributed by atoms with Gasteiger partial charge in [0.25, 0.3) is 0 Å². The molecule has 9 rings (SSSR count). The molecule has 2 atom stereocenters. The van der Waals surface area contributed by atoms with Gasteiger partial charge < -0.3 is 9.15 Å². The molecular weight excluding hydrogens is 592 g/mol. The Hall–Kier alpha value is -5.22. The summed E-state index contributed by atoms with van der Waals surface area (Å²) in [5.74, 6) is 2.04. The number of hydrogen-bond donors (Lipinski definition) is 0. The third-order valence-corrected chi connectivity index (χ3v) is 10.6. The first kappa shape index (κ1) is 29.0. The van der Waals surface area contributed by atoms with E-state index >= 15 is 0 Å². The van der Waals surface area contributed by atoms with Gasteiger partial charge in [-0.3, -0.25) is 9.59 Å². The van der Waals surface area contributed by atoms with E-state index in [1.54, 1.807) is 0 Å². The van der Waals surface area contributed by atoms with E-state index < -0.39 is 0 Å². The number of ketones is 1. The molecule has 236 valence electrons. The molecule has 3 aromatic rings. The Balaban J connectivity index is 0.931. The topological polar surface area (TPSA) is 56.5 Å². The second kappa shape index (κ2) is 11.8. The predicted octanol–water partition coefficient (Wildman–Crippen LogP) is 9.85. The summed E-state index contributed by atoms with van der Waals surface area (Å²) in [6.45, 7) is 0. The van der Waals surface area contributed by atoms with Crippen LogP contribution in [0.2, 0.25) is 0 Å². The maximum Gasteiger partial charge on any atom is 0.200 e. The SMILES string of the molecule is O=C1C2=CC(C3C=CC=C(C4=CC=C(c5cccc(-c6ccc7oc8c(c(=O)c7c6)C=CCC8)c5)CC4)C3)=CCC2OC2=C1C=CCC2. The van der Waals surface area contributed by atoms with Gasteiger partial charge in [0, 0.05) is 30.8 Å². The fourth-order valence-electron chi connectivity index (χ4n) is 7.97. The molecular formula is C44H36O4. The summed E-state index contributed by atoms with van der Waals surface area (Å²) in [5.41, 5.74) is 11.5. The van der Waals surface area contributed by atoms with Gasteiger partial charge in [-0.2, -0.15) is 0 Å². The Kier molecular flexibility index (Phi) is 7.11. The number of rotatable bonds is 4. The van der Waals surface area contributed by atoms with Crippen molar-refractivity contribution in [3.8, 4) is 11.1 Å². The highest BCUT2D eigenvalue weighted by molar-refractivity contribution is 6.12. The Labute approximate surface area is 280 Å². The van der Waals surface area contributed by atoms with E-state index in [0.29, 0.717) is 16.5 Å². The van der Waals surface area contributed by atoms with Crippen LogP contribution in [0.1, 0.15) is 61.8 Å². The highest BCUT2D eigenvalue weighted by atomic mass is 16.5. The van der Waals surface area contributed by atoms with Gasteiger partial charge in [-0.15, -0.1) is 0 Å². The average Bonchev–Trinajstić information content (AvgIpc) is 3.15. The Bertz CT molecular complexity index is 2250. The van der Waals surface area contributed by atoms with Crippen LogP contribution >= 0.6 is 0 Å². The van der Waals surface area contributed by atoms with Gasteiger partial charge in [0.15, 0.2) is 11.2 Å². The highest BCUT2D eigenvalue weighted by Gasteiger charge is 2.35. The molecule has 1 aliphatic heterocycles. The summed E-state index contributed by atoms with van der Waals surface area (Å²) in [5, 5.41) is 0.632. The monoisotopic (exact) mass is 628 g/mol. The second-order valence-corrected chi connectivity index (χ2v) is 13.5. The normalized spacial score (nSPS) is 22.9. The summed E-state index contributed by atoms with van der Waals surface area (Å²) in [6, 6.07) is 14.6. The summed E-state index contributed by atoms with van der Waals surface area (Å²) in [6.07, 6.45) is 30.5. The third kappa shape index (κ3) is 5.07. The smallest absolute Gasteiger partial charge is 0.200 e. The van der Waals surface area contributed by atoms with Gasteiger partial charge in [0.05, 0.1) is 16.5 Å². The van der Waals surface area contributed by atoms with Crippen LogP contribution in [0.25, 0.3) is 33.7 Å². The lowest BCUT2D eigenvalue weighted by molar-refractivity contribution is -0.114. The zero-order valence-corrected chi connectivity index (χ0v) is 26.8. The summed E-state index contributed by atoms with van der Waals surface area (Å²) in [4.78, 5) is 26.6. The van der Waals surface area contributed by atoms with Gasteiger partial charge in [-0.1, -0.05) is 85.0 Å². The van der Waals surface area contributed by atoms with Crippen molar-refractivity contribution in [3.63, 3.8) is 0 Å². The van der Waals surface area contributed by atoms with Crippen molar-refractivity contribution in [2.24, 2.45) is 5.92 Å². The standard InChI is InChI=1S/C44H36O4/c45-43-35-11-1-3-13-39(35)47-41-21-19-33(25-37(41)43)31-9-5-7-29(23-31)27-15-17-28(18-16-27)30-8-6-10-32(24-30)34-20-22-42-38(26-34)44(46)36-12-2-4-14-40(36)48-42/h1-2,5-12,15,17,19-21,23,25-26,32,42H,3-4,13-14,16,18,22,24H2. The molecule has 2 heterocycles. The summed E-state index contributed by atoms with van der Waals surface area (Å²) >= 11 is 0. The minimum absolute atomic E-state index is 0.0483. The molecule has 6 aliphatic rings. The fraction of sp³-hybridized carbons (Fsp3) is 0.227. The zero-order chi connectivity index (χ0) is 32.2. The van der Waals surface area contributed by atoms with Crippen molar-refractivity contribution in [1.29, 1.82) is 0 Å². The van der Waals surface area contributed by atoms with E-state index in [1.807, 2.05) is 30.4 Å². The third-order valence-electron chi connectivity index (χ3n) is 10.6. The highest BCUT2D eigenvalue weighted by Crippen LogP contribution is 2.41. The maximum atomic E-state index is 13.3. The molecule has 4 heteroatoms. The minimum atomic E-state index is -0.152. The number of carbonyl (C=O) groups is 1. The van der Waals surface area contributed by atoms with Crippen LogP contribution in [-0.2, 0) is 16.0 Å². The number of benzene rings is 2. The second-order valence-electron chi connectivity index (χ2n) is 13.5. The van der Waals surface area contributed by atoms with E-state index in [4.69, 9.17) is 9.15 Å². The van der Waals surface area contributed by atoms with Crippen LogP contribution in [0.4, 0.5) is 0 Å². The molecule has 0 radical (unpaired) electrons. The molecule has 4 nitrogen and oxygen atoms in total. The van der Waals surface area contributed by atoms with Crippen LogP contribution in [0.5, 0.6) is 0 Å². The predicted molar refractivity (Wildman–Crippen MR) is 192 cm³/mol. The first-order valence-electron chi connectivity index (χ1n) is 17.3. The van der Waals surface area contributed by atoms with Crippen LogP contribution in [0.3, 0.4) is 0 Å².